The van der Waals surface area contributed by atoms with Gasteiger partial charge in [0.1, 0.15) is 0 Å². The minimum atomic E-state index is 0.541. The van der Waals surface area contributed by atoms with E-state index in [2.05, 4.69) is 51.7 Å². The molecule has 23 heavy (non-hydrogen) atoms. The van der Waals surface area contributed by atoms with E-state index in [4.69, 9.17) is 12.2 Å². The molecule has 3 rings (SSSR count). The van der Waals surface area contributed by atoms with Crippen LogP contribution in [-0.2, 0) is 0 Å². The van der Waals surface area contributed by atoms with E-state index in [0.29, 0.717) is 6.04 Å². The Labute approximate surface area is 145 Å². The summed E-state index contributed by atoms with van der Waals surface area (Å²) in [5.41, 5.74) is 2.37. The Kier molecular flexibility index (Phi) is 5.73. The summed E-state index contributed by atoms with van der Waals surface area (Å²) in [6.07, 6.45) is 6.48. The Morgan fingerprint density at radius 3 is 2.48 bits per heavy atom. The number of piperazine rings is 1. The molecular formula is C18H28N4S. The van der Waals surface area contributed by atoms with E-state index in [1.165, 1.54) is 37.8 Å². The predicted octanol–water partition coefficient (Wildman–Crippen LogP) is 3.06. The molecule has 0 aromatic heterocycles. The quantitative estimate of drug-likeness (QED) is 0.831. The number of benzene rings is 1. The molecule has 1 saturated carbocycles. The number of hydrogen-bond donors (Lipinski definition) is 2. The number of likely N-dealkylation sites (N-methyl/N-ethyl adjacent to an activating group) is 1. The molecule has 2 N–H and O–H groups in total. The van der Waals surface area contributed by atoms with Crippen molar-refractivity contribution in [3.8, 4) is 0 Å². The lowest BCUT2D eigenvalue weighted by Gasteiger charge is -2.35. The molecule has 2 fully saturated rings. The van der Waals surface area contributed by atoms with E-state index < -0.39 is 0 Å². The van der Waals surface area contributed by atoms with E-state index in [-0.39, 0.29) is 0 Å². The first-order valence-electron chi connectivity index (χ1n) is 8.82. The van der Waals surface area contributed by atoms with Gasteiger partial charge in [-0.3, -0.25) is 0 Å². The van der Waals surface area contributed by atoms with Crippen molar-refractivity contribution in [2.24, 2.45) is 0 Å². The third kappa shape index (κ3) is 4.58. The number of hydrogen-bond acceptors (Lipinski definition) is 3. The van der Waals surface area contributed by atoms with Crippen LogP contribution >= 0.6 is 12.2 Å². The summed E-state index contributed by atoms with van der Waals surface area (Å²) in [4.78, 5) is 4.83. The Morgan fingerprint density at radius 2 is 1.74 bits per heavy atom. The maximum atomic E-state index is 5.55. The van der Waals surface area contributed by atoms with Gasteiger partial charge in [-0.25, -0.2) is 0 Å². The van der Waals surface area contributed by atoms with Crippen LogP contribution in [0.4, 0.5) is 11.4 Å². The summed E-state index contributed by atoms with van der Waals surface area (Å²) in [7, 11) is 2.19. The molecular weight excluding hydrogens is 304 g/mol. The first-order chi connectivity index (χ1) is 11.2. The summed E-state index contributed by atoms with van der Waals surface area (Å²) in [5.74, 6) is 0. The third-order valence-electron chi connectivity index (χ3n) is 4.94. The van der Waals surface area contributed by atoms with E-state index in [1.807, 2.05) is 0 Å². The average molecular weight is 333 g/mol. The molecule has 0 bridgehead atoms. The molecule has 1 aromatic rings. The van der Waals surface area contributed by atoms with Gasteiger partial charge < -0.3 is 20.4 Å². The predicted molar refractivity (Wildman–Crippen MR) is 102 cm³/mol. The molecule has 2 aliphatic rings. The lowest BCUT2D eigenvalue weighted by atomic mass is 9.96. The molecule has 5 heteroatoms. The number of para-hydroxylation sites is 2. The number of nitrogens with zero attached hydrogens (tertiary/aromatic N) is 2. The second-order valence-corrected chi connectivity index (χ2v) is 7.15. The molecule has 4 nitrogen and oxygen atoms in total. The first kappa shape index (κ1) is 16.5. The molecule has 1 aliphatic heterocycles. The van der Waals surface area contributed by atoms with Crippen molar-refractivity contribution >= 4 is 28.7 Å². The lowest BCUT2D eigenvalue weighted by molar-refractivity contribution is 0.313. The largest absolute Gasteiger partial charge is 0.367 e. The van der Waals surface area contributed by atoms with Gasteiger partial charge in [0, 0.05) is 32.2 Å². The second-order valence-electron chi connectivity index (χ2n) is 6.74. The van der Waals surface area contributed by atoms with E-state index in [0.717, 1.165) is 37.0 Å². The zero-order valence-electron chi connectivity index (χ0n) is 14.1. The van der Waals surface area contributed by atoms with Gasteiger partial charge in [0.15, 0.2) is 5.11 Å². The van der Waals surface area contributed by atoms with Crippen molar-refractivity contribution < 1.29 is 0 Å². The van der Waals surface area contributed by atoms with Crippen molar-refractivity contribution in [1.29, 1.82) is 0 Å². The van der Waals surface area contributed by atoms with Gasteiger partial charge in [-0.1, -0.05) is 31.4 Å². The fourth-order valence-electron chi connectivity index (χ4n) is 3.49. The molecule has 0 spiro atoms. The van der Waals surface area contributed by atoms with E-state index in [9.17, 15) is 0 Å². The fraction of sp³-hybridized carbons (Fsp3) is 0.611. The summed E-state index contributed by atoms with van der Waals surface area (Å²) in [6, 6.07) is 9.04. The topological polar surface area (TPSA) is 30.5 Å². The van der Waals surface area contributed by atoms with Crippen LogP contribution in [0.5, 0.6) is 0 Å². The highest BCUT2D eigenvalue weighted by Crippen LogP contribution is 2.26. The van der Waals surface area contributed by atoms with Gasteiger partial charge in [0.25, 0.3) is 0 Å². The standard InChI is InChI=1S/C18H28N4S/c1-21-11-13-22(14-12-21)17-10-6-5-9-16(17)20-18(23)19-15-7-3-2-4-8-15/h5-6,9-10,15H,2-4,7-8,11-14H2,1H3,(H2,19,20,23). The normalized spacial score (nSPS) is 20.3. The number of anilines is 2. The van der Waals surface area contributed by atoms with Crippen molar-refractivity contribution in [1.82, 2.24) is 10.2 Å². The van der Waals surface area contributed by atoms with E-state index in [1.54, 1.807) is 0 Å². The highest BCUT2D eigenvalue weighted by atomic mass is 32.1. The summed E-state index contributed by atoms with van der Waals surface area (Å²) in [6.45, 7) is 4.36. The molecule has 126 valence electrons. The monoisotopic (exact) mass is 332 g/mol. The molecule has 0 radical (unpaired) electrons. The van der Waals surface area contributed by atoms with Crippen LogP contribution in [0.15, 0.2) is 24.3 Å². The van der Waals surface area contributed by atoms with Crippen LogP contribution in [0.25, 0.3) is 0 Å². The van der Waals surface area contributed by atoms with Crippen LogP contribution in [0, 0.1) is 0 Å². The maximum Gasteiger partial charge on any atom is 0.171 e. The molecule has 0 atom stereocenters. The molecule has 1 aliphatic carbocycles. The minimum Gasteiger partial charge on any atom is -0.367 e. The summed E-state index contributed by atoms with van der Waals surface area (Å²) in [5, 5.41) is 7.69. The Bertz CT molecular complexity index is 520. The van der Waals surface area contributed by atoms with Crippen molar-refractivity contribution in [3.05, 3.63) is 24.3 Å². The molecule has 1 heterocycles. The molecule has 0 amide bonds. The van der Waals surface area contributed by atoms with Gasteiger partial charge >= 0.3 is 0 Å². The highest BCUT2D eigenvalue weighted by Gasteiger charge is 2.18. The second kappa shape index (κ2) is 7.97. The summed E-state index contributed by atoms with van der Waals surface area (Å²) >= 11 is 5.55. The van der Waals surface area contributed by atoms with Crippen molar-refractivity contribution in [3.63, 3.8) is 0 Å². The van der Waals surface area contributed by atoms with Crippen molar-refractivity contribution in [2.45, 2.75) is 38.1 Å². The van der Waals surface area contributed by atoms with Gasteiger partial charge in [0.2, 0.25) is 0 Å². The van der Waals surface area contributed by atoms with Gasteiger partial charge in [0.05, 0.1) is 11.4 Å². The Hall–Kier alpha value is -1.33. The summed E-state index contributed by atoms with van der Waals surface area (Å²) < 4.78 is 0. The maximum absolute atomic E-state index is 5.55. The van der Waals surface area contributed by atoms with Gasteiger partial charge in [-0.05, 0) is 44.2 Å². The highest BCUT2D eigenvalue weighted by molar-refractivity contribution is 7.80. The van der Waals surface area contributed by atoms with Gasteiger partial charge in [-0.15, -0.1) is 0 Å². The van der Waals surface area contributed by atoms with Crippen LogP contribution in [0.2, 0.25) is 0 Å². The first-order valence-corrected chi connectivity index (χ1v) is 9.23. The Morgan fingerprint density at radius 1 is 1.04 bits per heavy atom. The SMILES string of the molecule is CN1CCN(c2ccccc2NC(=S)NC2CCCCC2)CC1. The zero-order chi connectivity index (χ0) is 16.1. The zero-order valence-corrected chi connectivity index (χ0v) is 14.9. The molecule has 1 saturated heterocycles. The number of thiocarbonyl (C=S) groups is 1. The minimum absolute atomic E-state index is 0.541. The van der Waals surface area contributed by atoms with Crippen LogP contribution < -0.4 is 15.5 Å². The molecule has 1 aromatic carbocycles. The molecule has 0 unspecified atom stereocenters. The van der Waals surface area contributed by atoms with Crippen LogP contribution in [-0.4, -0.2) is 49.3 Å². The van der Waals surface area contributed by atoms with E-state index >= 15 is 0 Å². The Balaban J connectivity index is 1.62. The average Bonchev–Trinajstić information content (AvgIpc) is 2.57. The van der Waals surface area contributed by atoms with Crippen LogP contribution in [0.3, 0.4) is 0 Å². The van der Waals surface area contributed by atoms with Crippen molar-refractivity contribution in [2.75, 3.05) is 43.4 Å². The van der Waals surface area contributed by atoms with Crippen LogP contribution in [0.1, 0.15) is 32.1 Å². The number of nitrogens with one attached hydrogen (secondary N) is 2. The number of rotatable bonds is 3. The third-order valence-corrected chi connectivity index (χ3v) is 5.16. The fourth-order valence-corrected chi connectivity index (χ4v) is 3.77. The lowest BCUT2D eigenvalue weighted by Crippen LogP contribution is -2.45. The smallest absolute Gasteiger partial charge is 0.171 e. The van der Waals surface area contributed by atoms with Gasteiger partial charge in [-0.2, -0.15) is 0 Å².